The van der Waals surface area contributed by atoms with Crippen molar-refractivity contribution in [2.24, 2.45) is 0 Å². The molecule has 0 saturated carbocycles. The van der Waals surface area contributed by atoms with Gasteiger partial charge in [-0.15, -0.1) is 0 Å². The van der Waals surface area contributed by atoms with Crippen LogP contribution >= 0.6 is 0 Å². The first-order valence-corrected chi connectivity index (χ1v) is 9.87. The average molecular weight is 463 g/mol. The van der Waals surface area contributed by atoms with E-state index < -0.39 is 35.2 Å². The molecule has 0 fully saturated rings. The second-order valence-electron chi connectivity index (χ2n) is 8.09. The maximum Gasteiger partial charge on any atom is 0.478 e. The van der Waals surface area contributed by atoms with Crippen molar-refractivity contribution in [3.63, 3.8) is 0 Å². The highest BCUT2D eigenvalue weighted by Crippen LogP contribution is 2.29. The number of pyridine rings is 2. The van der Waals surface area contributed by atoms with Crippen molar-refractivity contribution in [3.8, 4) is 11.3 Å². The van der Waals surface area contributed by atoms with E-state index in [1.807, 2.05) is 0 Å². The van der Waals surface area contributed by atoms with Gasteiger partial charge in [0.2, 0.25) is 0 Å². The summed E-state index contributed by atoms with van der Waals surface area (Å²) >= 11 is 0. The van der Waals surface area contributed by atoms with Gasteiger partial charge in [-0.3, -0.25) is 9.78 Å². The van der Waals surface area contributed by atoms with E-state index in [0.29, 0.717) is 22.9 Å². The monoisotopic (exact) mass is 463 g/mol. The van der Waals surface area contributed by atoms with Crippen LogP contribution in [-0.2, 0) is 11.8 Å². The first-order valence-electron chi connectivity index (χ1n) is 9.87. The Morgan fingerprint density at radius 2 is 1.85 bits per heavy atom. The number of nitrogens with zero attached hydrogens (tertiary/aromatic N) is 2. The Labute approximate surface area is 187 Å². The normalized spacial score (nSPS) is 13.0. The molecule has 0 radical (unpaired) electrons. The second-order valence-corrected chi connectivity index (χ2v) is 8.09. The molecule has 2 heterocycles. The molecular weight excluding hydrogens is 442 g/mol. The summed E-state index contributed by atoms with van der Waals surface area (Å²) in [6.07, 6.45) is -3.01. The lowest BCUT2D eigenvalue weighted by Gasteiger charge is -2.21. The smallest absolute Gasteiger partial charge is 0.478 e. The number of hydrogen-bond donors (Lipinski definition) is 2. The summed E-state index contributed by atoms with van der Waals surface area (Å²) in [6, 6.07) is 8.20. The Morgan fingerprint density at radius 3 is 2.39 bits per heavy atom. The number of benzene rings is 1. The molecule has 2 aromatic heterocycles. The third kappa shape index (κ3) is 5.64. The maximum atomic E-state index is 13.2. The first kappa shape index (κ1) is 24.1. The van der Waals surface area contributed by atoms with E-state index in [1.165, 1.54) is 45.0 Å². The molecule has 0 aliphatic heterocycles. The number of aliphatic hydroxyl groups is 1. The summed E-state index contributed by atoms with van der Waals surface area (Å²) in [6.45, 7) is 4.58. The molecule has 0 saturated heterocycles. The maximum absolute atomic E-state index is 13.2. The van der Waals surface area contributed by atoms with Gasteiger partial charge in [-0.25, -0.2) is 4.39 Å². The quantitative estimate of drug-likeness (QED) is 0.336. The highest BCUT2D eigenvalue weighted by atomic mass is 19.4. The molecule has 1 amide bonds. The topological polar surface area (TPSA) is 89.2 Å². The van der Waals surface area contributed by atoms with Gasteiger partial charge in [-0.2, -0.15) is 17.9 Å². The Morgan fingerprint density at radius 1 is 1.15 bits per heavy atom. The molecule has 0 spiro atoms. The minimum atomic E-state index is -4.80. The van der Waals surface area contributed by atoms with Crippen LogP contribution in [-0.4, -0.2) is 16.0 Å². The Bertz CT molecular complexity index is 1170. The van der Waals surface area contributed by atoms with Gasteiger partial charge in [0.1, 0.15) is 5.82 Å². The minimum Gasteiger partial charge on any atom is -0.618 e. The summed E-state index contributed by atoms with van der Waals surface area (Å²) in [5.74, 6) is -1.12. The fourth-order valence-electron chi connectivity index (χ4n) is 3.14. The van der Waals surface area contributed by atoms with Crippen LogP contribution in [0, 0.1) is 11.0 Å². The van der Waals surface area contributed by atoms with Crippen molar-refractivity contribution >= 4 is 5.91 Å². The Balaban J connectivity index is 1.92. The fraction of sp³-hybridized carbons (Fsp3) is 0.261. The first-order chi connectivity index (χ1) is 15.3. The number of aromatic nitrogens is 2. The molecule has 2 N–H and O–H groups in total. The zero-order valence-electron chi connectivity index (χ0n) is 17.9. The van der Waals surface area contributed by atoms with Crippen molar-refractivity contribution in [1.29, 1.82) is 0 Å². The summed E-state index contributed by atoms with van der Waals surface area (Å²) in [4.78, 5) is 16.9. The zero-order chi connectivity index (χ0) is 24.6. The molecule has 0 bridgehead atoms. The third-order valence-corrected chi connectivity index (χ3v) is 5.00. The molecule has 0 aliphatic rings. The molecule has 3 rings (SSSR count). The average Bonchev–Trinajstić information content (AvgIpc) is 2.72. The molecule has 33 heavy (non-hydrogen) atoms. The van der Waals surface area contributed by atoms with Crippen molar-refractivity contribution in [1.82, 2.24) is 10.3 Å². The van der Waals surface area contributed by atoms with Crippen LogP contribution in [0.2, 0.25) is 0 Å². The molecule has 1 aromatic carbocycles. The molecule has 0 aliphatic carbocycles. The van der Waals surface area contributed by atoms with Gasteiger partial charge in [-0.1, -0.05) is 0 Å². The molecule has 0 unspecified atom stereocenters. The zero-order valence-corrected chi connectivity index (χ0v) is 17.9. The van der Waals surface area contributed by atoms with E-state index in [4.69, 9.17) is 0 Å². The van der Waals surface area contributed by atoms with Crippen LogP contribution in [0.4, 0.5) is 17.6 Å². The van der Waals surface area contributed by atoms with Crippen molar-refractivity contribution < 1.29 is 32.2 Å². The van der Waals surface area contributed by atoms with Crippen LogP contribution in [0.5, 0.6) is 0 Å². The van der Waals surface area contributed by atoms with Gasteiger partial charge in [0, 0.05) is 22.8 Å². The number of amides is 1. The van der Waals surface area contributed by atoms with Crippen molar-refractivity contribution in [3.05, 3.63) is 88.3 Å². The SMILES string of the molecule is C[C@@H](NC(=O)c1cc(-c2ccc(F)cn2)cc(C(C)(C)O)c1)c1ccc(C(F)(F)F)[n+]([O-])c1. The number of hydrogen-bond acceptors (Lipinski definition) is 4. The largest absolute Gasteiger partial charge is 0.618 e. The lowest BCUT2D eigenvalue weighted by molar-refractivity contribution is -0.629. The van der Waals surface area contributed by atoms with Gasteiger partial charge in [0.25, 0.3) is 11.6 Å². The van der Waals surface area contributed by atoms with Crippen LogP contribution in [0.25, 0.3) is 11.3 Å². The van der Waals surface area contributed by atoms with Gasteiger partial charge >= 0.3 is 6.18 Å². The lowest BCUT2D eigenvalue weighted by Crippen LogP contribution is -2.38. The van der Waals surface area contributed by atoms with Gasteiger partial charge < -0.3 is 15.6 Å². The van der Waals surface area contributed by atoms with Crippen molar-refractivity contribution in [2.45, 2.75) is 38.6 Å². The number of rotatable bonds is 5. The highest BCUT2D eigenvalue weighted by molar-refractivity contribution is 5.96. The summed E-state index contributed by atoms with van der Waals surface area (Å²) in [5, 5.41) is 24.8. The van der Waals surface area contributed by atoms with Gasteiger partial charge in [0.05, 0.1) is 23.5 Å². The van der Waals surface area contributed by atoms with E-state index in [2.05, 4.69) is 10.3 Å². The fourth-order valence-corrected chi connectivity index (χ4v) is 3.14. The molecule has 6 nitrogen and oxygen atoms in total. The molecular formula is C23H21F4N3O3. The van der Waals surface area contributed by atoms with E-state index in [-0.39, 0.29) is 15.9 Å². The van der Waals surface area contributed by atoms with E-state index in [9.17, 15) is 32.7 Å². The standard InChI is InChI=1S/C23H21F4N3O3/c1-13(14-4-7-20(23(25,26)27)30(33)12-14)29-21(31)16-8-15(9-17(10-16)22(2,3)32)19-6-5-18(24)11-28-19/h4-13,32H,1-3H3,(H,29,31)/t13-/m1/s1. The molecule has 174 valence electrons. The summed E-state index contributed by atoms with van der Waals surface area (Å²) in [7, 11) is 0. The predicted molar refractivity (Wildman–Crippen MR) is 111 cm³/mol. The molecule has 1 atom stereocenters. The van der Waals surface area contributed by atoms with Crippen LogP contribution < -0.4 is 10.0 Å². The van der Waals surface area contributed by atoms with E-state index >= 15 is 0 Å². The van der Waals surface area contributed by atoms with Gasteiger partial charge in [-0.05, 0) is 62.7 Å². The van der Waals surface area contributed by atoms with E-state index in [0.717, 1.165) is 18.5 Å². The molecule has 3 aromatic rings. The van der Waals surface area contributed by atoms with Crippen molar-refractivity contribution in [2.75, 3.05) is 0 Å². The summed E-state index contributed by atoms with van der Waals surface area (Å²) < 4.78 is 51.4. The number of alkyl halides is 3. The third-order valence-electron chi connectivity index (χ3n) is 5.00. The lowest BCUT2D eigenvalue weighted by atomic mass is 9.92. The van der Waals surface area contributed by atoms with Crippen LogP contribution in [0.3, 0.4) is 0 Å². The Kier molecular flexibility index (Phi) is 6.42. The summed E-state index contributed by atoms with van der Waals surface area (Å²) in [5.41, 5.74) is -1.12. The van der Waals surface area contributed by atoms with Gasteiger partial charge in [0.15, 0.2) is 6.20 Å². The highest BCUT2D eigenvalue weighted by Gasteiger charge is 2.39. The minimum absolute atomic E-state index is 0.143. The number of carbonyl (C=O) groups is 1. The molecule has 10 heteroatoms. The van der Waals surface area contributed by atoms with Crippen LogP contribution in [0.15, 0.2) is 54.9 Å². The second kappa shape index (κ2) is 8.78. The van der Waals surface area contributed by atoms with E-state index in [1.54, 1.807) is 6.07 Å². The van der Waals surface area contributed by atoms with Crippen LogP contribution in [0.1, 0.15) is 54.0 Å². The Hall–Kier alpha value is -3.53. The number of nitrogens with one attached hydrogen (secondary N) is 1. The number of carbonyl (C=O) groups excluding carboxylic acids is 1. The number of halogens is 4. The predicted octanol–water partition coefficient (Wildman–Crippen LogP) is 4.26.